The molecule has 2 aliphatic heterocycles. The van der Waals surface area contributed by atoms with Crippen LogP contribution in [0.15, 0.2) is 0 Å². The molecule has 0 bridgehead atoms. The number of hydrogen-bond acceptors (Lipinski definition) is 3. The van der Waals surface area contributed by atoms with Crippen LogP contribution in [0.25, 0.3) is 0 Å². The minimum absolute atomic E-state index is 0. The van der Waals surface area contributed by atoms with Crippen LogP contribution in [-0.2, 0) is 9.59 Å². The van der Waals surface area contributed by atoms with Crippen LogP contribution in [0.5, 0.6) is 0 Å². The molecular weight excluding hydrogens is 302 g/mol. The number of rotatable bonds is 5. The van der Waals surface area contributed by atoms with E-state index in [4.69, 9.17) is 0 Å². The second-order valence-corrected chi connectivity index (χ2v) is 6.52. The van der Waals surface area contributed by atoms with Gasteiger partial charge in [0.25, 0.3) is 0 Å². The molecule has 0 aliphatic carbocycles. The summed E-state index contributed by atoms with van der Waals surface area (Å²) in [6.07, 6.45) is 4.41. The number of amides is 2. The molecule has 2 N–H and O–H groups in total. The van der Waals surface area contributed by atoms with Gasteiger partial charge in [-0.2, -0.15) is 0 Å². The van der Waals surface area contributed by atoms with E-state index in [1.165, 1.54) is 12.8 Å². The number of piperidine rings is 1. The van der Waals surface area contributed by atoms with Crippen LogP contribution in [0.1, 0.15) is 46.0 Å². The molecule has 0 saturated carbocycles. The molecule has 2 fully saturated rings. The first-order chi connectivity index (χ1) is 10.1. The summed E-state index contributed by atoms with van der Waals surface area (Å²) in [5.41, 5.74) is 0. The Morgan fingerprint density at radius 1 is 1.27 bits per heavy atom. The Morgan fingerprint density at radius 3 is 2.59 bits per heavy atom. The molecule has 2 saturated heterocycles. The molecule has 0 aromatic heterocycles. The lowest BCUT2D eigenvalue weighted by atomic mass is 9.84. The van der Waals surface area contributed by atoms with E-state index in [1.807, 2.05) is 11.8 Å². The maximum Gasteiger partial charge on any atom is 0.222 e. The summed E-state index contributed by atoms with van der Waals surface area (Å²) < 4.78 is 0. The fourth-order valence-electron chi connectivity index (χ4n) is 3.49. The summed E-state index contributed by atoms with van der Waals surface area (Å²) in [5.74, 6) is 1.45. The van der Waals surface area contributed by atoms with Gasteiger partial charge >= 0.3 is 0 Å². The fraction of sp³-hybridized carbons (Fsp3) is 0.875. The summed E-state index contributed by atoms with van der Waals surface area (Å²) in [4.78, 5) is 25.7. The molecule has 2 amide bonds. The maximum atomic E-state index is 12.2. The number of carbonyl (C=O) groups is 2. The van der Waals surface area contributed by atoms with E-state index in [2.05, 4.69) is 17.6 Å². The highest BCUT2D eigenvalue weighted by Gasteiger charge is 2.28. The molecule has 0 spiro atoms. The van der Waals surface area contributed by atoms with Crippen LogP contribution in [0.4, 0.5) is 0 Å². The average Bonchev–Trinajstić information content (AvgIpc) is 2.95. The van der Waals surface area contributed by atoms with Gasteiger partial charge in [-0.1, -0.05) is 13.8 Å². The summed E-state index contributed by atoms with van der Waals surface area (Å²) in [6, 6.07) is 0.147. The van der Waals surface area contributed by atoms with Crippen molar-refractivity contribution in [3.8, 4) is 0 Å². The lowest BCUT2D eigenvalue weighted by molar-refractivity contribution is -0.130. The van der Waals surface area contributed by atoms with E-state index in [0.29, 0.717) is 31.2 Å². The van der Waals surface area contributed by atoms with Crippen molar-refractivity contribution < 1.29 is 9.59 Å². The van der Waals surface area contributed by atoms with E-state index in [0.717, 1.165) is 26.1 Å². The Kier molecular flexibility index (Phi) is 8.18. The highest BCUT2D eigenvalue weighted by molar-refractivity contribution is 5.85. The second kappa shape index (κ2) is 9.36. The van der Waals surface area contributed by atoms with E-state index in [9.17, 15) is 9.59 Å². The zero-order chi connectivity index (χ0) is 15.2. The van der Waals surface area contributed by atoms with Gasteiger partial charge < -0.3 is 15.5 Å². The van der Waals surface area contributed by atoms with Crippen LogP contribution in [0.2, 0.25) is 0 Å². The largest absolute Gasteiger partial charge is 0.352 e. The maximum absolute atomic E-state index is 12.2. The first kappa shape index (κ1) is 19.2. The first-order valence-corrected chi connectivity index (χ1v) is 8.38. The van der Waals surface area contributed by atoms with Gasteiger partial charge in [-0.05, 0) is 44.2 Å². The predicted molar refractivity (Wildman–Crippen MR) is 90.0 cm³/mol. The van der Waals surface area contributed by atoms with Crippen LogP contribution in [0.3, 0.4) is 0 Å². The van der Waals surface area contributed by atoms with Crippen LogP contribution >= 0.6 is 12.4 Å². The normalized spacial score (nSPS) is 23.7. The third-order valence-corrected chi connectivity index (χ3v) is 4.90. The molecule has 2 rings (SSSR count). The van der Waals surface area contributed by atoms with Crippen molar-refractivity contribution in [1.82, 2.24) is 15.5 Å². The fourth-order valence-corrected chi connectivity index (χ4v) is 3.49. The molecule has 2 heterocycles. The number of carbonyl (C=O) groups excluding carboxylic acids is 2. The Bertz CT molecular complexity index is 372. The van der Waals surface area contributed by atoms with Crippen molar-refractivity contribution in [3.05, 3.63) is 0 Å². The Balaban J connectivity index is 0.00000242. The van der Waals surface area contributed by atoms with Crippen molar-refractivity contribution in [2.24, 2.45) is 11.8 Å². The minimum Gasteiger partial charge on any atom is -0.352 e. The van der Waals surface area contributed by atoms with Gasteiger partial charge in [-0.15, -0.1) is 12.4 Å². The van der Waals surface area contributed by atoms with E-state index >= 15 is 0 Å². The zero-order valence-corrected chi connectivity index (χ0v) is 14.6. The molecule has 0 aromatic carbocycles. The monoisotopic (exact) mass is 331 g/mol. The number of halogens is 1. The van der Waals surface area contributed by atoms with Crippen molar-refractivity contribution in [3.63, 3.8) is 0 Å². The van der Waals surface area contributed by atoms with E-state index in [-0.39, 0.29) is 30.3 Å². The van der Waals surface area contributed by atoms with Crippen molar-refractivity contribution >= 4 is 24.2 Å². The molecule has 2 unspecified atom stereocenters. The highest BCUT2D eigenvalue weighted by Crippen LogP contribution is 2.24. The van der Waals surface area contributed by atoms with E-state index in [1.54, 1.807) is 0 Å². The van der Waals surface area contributed by atoms with Gasteiger partial charge in [0, 0.05) is 32.0 Å². The number of hydrogen-bond donors (Lipinski definition) is 2. The van der Waals surface area contributed by atoms with Gasteiger partial charge in [-0.25, -0.2) is 0 Å². The second-order valence-electron chi connectivity index (χ2n) is 6.52. The van der Waals surface area contributed by atoms with Crippen molar-refractivity contribution in [2.75, 3.05) is 26.2 Å². The van der Waals surface area contributed by atoms with E-state index < -0.39 is 0 Å². The lowest BCUT2D eigenvalue weighted by Gasteiger charge is -2.28. The van der Waals surface area contributed by atoms with Crippen LogP contribution in [-0.4, -0.2) is 48.9 Å². The number of nitrogens with one attached hydrogen (secondary N) is 2. The third kappa shape index (κ3) is 5.43. The zero-order valence-electron chi connectivity index (χ0n) is 13.8. The molecule has 22 heavy (non-hydrogen) atoms. The summed E-state index contributed by atoms with van der Waals surface area (Å²) in [5, 5.41) is 6.47. The first-order valence-electron chi connectivity index (χ1n) is 8.38. The molecule has 0 radical (unpaired) electrons. The van der Waals surface area contributed by atoms with Crippen LogP contribution in [0, 0.1) is 11.8 Å². The van der Waals surface area contributed by atoms with Gasteiger partial charge in [0.1, 0.15) is 0 Å². The summed E-state index contributed by atoms with van der Waals surface area (Å²) in [7, 11) is 0. The smallest absolute Gasteiger partial charge is 0.222 e. The van der Waals surface area contributed by atoms with Gasteiger partial charge in [0.05, 0.1) is 0 Å². The third-order valence-electron chi connectivity index (χ3n) is 4.90. The standard InChI is InChI=1S/C16H29N3O2.ClH/c1-3-16(21)19-9-6-14(11-19)18-15(20)10-12(2)13-4-7-17-8-5-13;/h12-14,17H,3-11H2,1-2H3,(H,18,20);1H. The molecule has 5 nitrogen and oxygen atoms in total. The predicted octanol–water partition coefficient (Wildman–Crippen LogP) is 1.56. The van der Waals surface area contributed by atoms with Crippen molar-refractivity contribution in [1.29, 1.82) is 0 Å². The molecular formula is C16H30ClN3O2. The highest BCUT2D eigenvalue weighted by atomic mass is 35.5. The lowest BCUT2D eigenvalue weighted by Crippen LogP contribution is -2.40. The average molecular weight is 332 g/mol. The minimum atomic E-state index is 0. The number of nitrogens with zero attached hydrogens (tertiary/aromatic N) is 1. The molecule has 128 valence electrons. The Morgan fingerprint density at radius 2 is 1.95 bits per heavy atom. The SMILES string of the molecule is CCC(=O)N1CCC(NC(=O)CC(C)C2CCNCC2)C1.Cl. The summed E-state index contributed by atoms with van der Waals surface area (Å²) in [6.45, 7) is 7.69. The molecule has 0 aromatic rings. The van der Waals surface area contributed by atoms with Gasteiger partial charge in [-0.3, -0.25) is 9.59 Å². The molecule has 2 aliphatic rings. The topological polar surface area (TPSA) is 61.4 Å². The van der Waals surface area contributed by atoms with Gasteiger partial charge in [0.15, 0.2) is 0 Å². The Labute approximate surface area is 140 Å². The van der Waals surface area contributed by atoms with Crippen LogP contribution < -0.4 is 10.6 Å². The Hall–Kier alpha value is -0.810. The van der Waals surface area contributed by atoms with Crippen molar-refractivity contribution in [2.45, 2.75) is 52.0 Å². The van der Waals surface area contributed by atoms with Gasteiger partial charge in [0.2, 0.25) is 11.8 Å². The number of likely N-dealkylation sites (tertiary alicyclic amines) is 1. The summed E-state index contributed by atoms with van der Waals surface area (Å²) >= 11 is 0. The molecule has 2 atom stereocenters. The quantitative estimate of drug-likeness (QED) is 0.803. The molecule has 6 heteroatoms.